The second kappa shape index (κ2) is 8.47. The van der Waals surface area contributed by atoms with E-state index in [1.807, 2.05) is 30.3 Å². The fourth-order valence-electron chi connectivity index (χ4n) is 4.34. The highest BCUT2D eigenvalue weighted by molar-refractivity contribution is 5.91. The number of benzene rings is 1. The number of nitrogens with zero attached hydrogens (tertiary/aromatic N) is 2. The van der Waals surface area contributed by atoms with E-state index in [1.165, 1.54) is 6.92 Å². The molecule has 6 heteroatoms. The number of piperidine rings is 1. The largest absolute Gasteiger partial charge is 0.371 e. The topological polar surface area (TPSA) is 74.3 Å². The lowest BCUT2D eigenvalue weighted by Gasteiger charge is -2.22. The molecule has 1 aliphatic carbocycles. The third-order valence-corrected chi connectivity index (χ3v) is 5.79. The Morgan fingerprint density at radius 3 is 2.76 bits per heavy atom. The van der Waals surface area contributed by atoms with Crippen LogP contribution < -0.4 is 15.5 Å². The third-order valence-electron chi connectivity index (χ3n) is 5.79. The monoisotopic (exact) mass is 390 g/mol. The molecular weight excluding hydrogens is 364 g/mol. The van der Waals surface area contributed by atoms with Crippen LogP contribution in [0.2, 0.25) is 0 Å². The van der Waals surface area contributed by atoms with E-state index in [-0.39, 0.29) is 11.8 Å². The molecule has 1 aromatic carbocycles. The van der Waals surface area contributed by atoms with E-state index in [1.54, 1.807) is 24.5 Å². The van der Waals surface area contributed by atoms with Gasteiger partial charge in [-0.25, -0.2) is 0 Å². The molecule has 2 fully saturated rings. The number of carbonyl (C=O) groups is 2. The molecule has 0 bridgehead atoms. The quantitative estimate of drug-likeness (QED) is 0.713. The Balaban J connectivity index is 1.19. The number of rotatable bonds is 7. The molecule has 4 rings (SSSR count). The lowest BCUT2D eigenvalue weighted by Crippen LogP contribution is -2.26. The second-order valence-corrected chi connectivity index (χ2v) is 7.83. The van der Waals surface area contributed by atoms with Crippen LogP contribution in [0.5, 0.6) is 0 Å². The predicted octanol–water partition coefficient (Wildman–Crippen LogP) is 2.94. The summed E-state index contributed by atoms with van der Waals surface area (Å²) in [5, 5.41) is 5.83. The average Bonchev–Trinajstić information content (AvgIpc) is 3.16. The summed E-state index contributed by atoms with van der Waals surface area (Å²) < 4.78 is 0. The molecule has 1 saturated carbocycles. The average molecular weight is 390 g/mol. The van der Waals surface area contributed by atoms with E-state index in [0.29, 0.717) is 24.3 Å². The Kier molecular flexibility index (Phi) is 5.60. The standard InChI is InChI=1S/C23H26N4O2/c1-16(28)26-18-5-2-6-19(12-18)27-14-21-20(22(21)15-27)9-11-25-23(29)8-7-17-4-3-10-24-13-17/h2-8,10,12-13,20-22H,9,11,14-15H2,1H3,(H,25,29)(H,26,28)/b8-7+/t20-,21-,22+. The molecule has 2 N–H and O–H groups in total. The van der Waals surface area contributed by atoms with Crippen molar-refractivity contribution in [3.8, 4) is 0 Å². The van der Waals surface area contributed by atoms with Crippen LogP contribution in [-0.4, -0.2) is 36.4 Å². The van der Waals surface area contributed by atoms with Gasteiger partial charge in [0.25, 0.3) is 0 Å². The van der Waals surface area contributed by atoms with Crippen molar-refractivity contribution in [2.24, 2.45) is 17.8 Å². The maximum Gasteiger partial charge on any atom is 0.244 e. The molecule has 6 nitrogen and oxygen atoms in total. The van der Waals surface area contributed by atoms with Crippen LogP contribution in [0.3, 0.4) is 0 Å². The zero-order chi connectivity index (χ0) is 20.2. The van der Waals surface area contributed by atoms with Gasteiger partial charge >= 0.3 is 0 Å². The summed E-state index contributed by atoms with van der Waals surface area (Å²) in [7, 11) is 0. The van der Waals surface area contributed by atoms with Crippen molar-refractivity contribution >= 4 is 29.3 Å². The van der Waals surface area contributed by atoms with Crippen LogP contribution >= 0.6 is 0 Å². The molecule has 1 saturated heterocycles. The first-order chi connectivity index (χ1) is 14.1. The molecule has 150 valence electrons. The molecule has 2 amide bonds. The number of hydrogen-bond donors (Lipinski definition) is 2. The maximum absolute atomic E-state index is 12.0. The minimum atomic E-state index is -0.0592. The number of hydrogen-bond acceptors (Lipinski definition) is 4. The van der Waals surface area contributed by atoms with Gasteiger partial charge in [-0.2, -0.15) is 0 Å². The smallest absolute Gasteiger partial charge is 0.244 e. The van der Waals surface area contributed by atoms with Crippen LogP contribution in [0.25, 0.3) is 6.08 Å². The van der Waals surface area contributed by atoms with Gasteiger partial charge in [-0.05, 0) is 60.1 Å². The molecule has 29 heavy (non-hydrogen) atoms. The van der Waals surface area contributed by atoms with Crippen molar-refractivity contribution in [2.75, 3.05) is 29.9 Å². The first-order valence-electron chi connectivity index (χ1n) is 10.1. The van der Waals surface area contributed by atoms with Gasteiger partial charge in [-0.1, -0.05) is 12.1 Å². The van der Waals surface area contributed by atoms with Gasteiger partial charge in [0.05, 0.1) is 0 Å². The van der Waals surface area contributed by atoms with Gasteiger partial charge < -0.3 is 15.5 Å². The van der Waals surface area contributed by atoms with Gasteiger partial charge in [-0.3, -0.25) is 14.6 Å². The number of aromatic nitrogens is 1. The van der Waals surface area contributed by atoms with Crippen molar-refractivity contribution in [3.63, 3.8) is 0 Å². The predicted molar refractivity (Wildman–Crippen MR) is 114 cm³/mol. The van der Waals surface area contributed by atoms with Crippen molar-refractivity contribution in [1.82, 2.24) is 10.3 Å². The number of fused-ring (bicyclic) bond motifs is 1. The summed E-state index contributed by atoms with van der Waals surface area (Å²) in [6.07, 6.45) is 7.81. The number of anilines is 2. The highest BCUT2D eigenvalue weighted by Crippen LogP contribution is 2.54. The summed E-state index contributed by atoms with van der Waals surface area (Å²) in [6.45, 7) is 4.34. The molecule has 2 aliphatic rings. The van der Waals surface area contributed by atoms with Crippen LogP contribution in [0.4, 0.5) is 11.4 Å². The Morgan fingerprint density at radius 2 is 2.03 bits per heavy atom. The summed E-state index contributed by atoms with van der Waals surface area (Å²) in [5.74, 6) is 2.01. The molecule has 3 atom stereocenters. The summed E-state index contributed by atoms with van der Waals surface area (Å²) in [6, 6.07) is 11.8. The van der Waals surface area contributed by atoms with E-state index in [2.05, 4.69) is 26.6 Å². The van der Waals surface area contributed by atoms with E-state index in [9.17, 15) is 9.59 Å². The SMILES string of the molecule is CC(=O)Nc1cccc(N2C[C@@H]3[C@@H](CCNC(=O)/C=C/c4cccnc4)[C@@H]3C2)c1. The van der Waals surface area contributed by atoms with Crippen LogP contribution in [0, 0.1) is 17.8 Å². The zero-order valence-corrected chi connectivity index (χ0v) is 16.5. The molecule has 2 heterocycles. The minimum absolute atomic E-state index is 0.0520. The van der Waals surface area contributed by atoms with Crippen LogP contribution in [0.1, 0.15) is 18.9 Å². The van der Waals surface area contributed by atoms with E-state index in [0.717, 1.165) is 36.4 Å². The number of pyridine rings is 1. The number of amides is 2. The van der Waals surface area contributed by atoms with Gasteiger partial charge in [0.2, 0.25) is 11.8 Å². The molecule has 1 aliphatic heterocycles. The van der Waals surface area contributed by atoms with Gasteiger partial charge in [-0.15, -0.1) is 0 Å². The molecule has 0 unspecified atom stereocenters. The number of carbonyl (C=O) groups excluding carboxylic acids is 2. The molecule has 0 spiro atoms. The van der Waals surface area contributed by atoms with Crippen molar-refractivity contribution in [3.05, 3.63) is 60.4 Å². The fraction of sp³-hybridized carbons (Fsp3) is 0.348. The fourth-order valence-corrected chi connectivity index (χ4v) is 4.34. The Hall–Kier alpha value is -3.15. The second-order valence-electron chi connectivity index (χ2n) is 7.83. The minimum Gasteiger partial charge on any atom is -0.371 e. The molecular formula is C23H26N4O2. The first-order valence-corrected chi connectivity index (χ1v) is 10.1. The summed E-state index contributed by atoms with van der Waals surface area (Å²) in [4.78, 5) is 29.6. The van der Waals surface area contributed by atoms with Crippen molar-refractivity contribution in [1.29, 1.82) is 0 Å². The van der Waals surface area contributed by atoms with Crippen molar-refractivity contribution in [2.45, 2.75) is 13.3 Å². The Morgan fingerprint density at radius 1 is 1.21 bits per heavy atom. The lowest BCUT2D eigenvalue weighted by atomic mass is 10.1. The highest BCUT2D eigenvalue weighted by Gasteiger charge is 2.54. The van der Waals surface area contributed by atoms with Crippen LogP contribution in [0.15, 0.2) is 54.9 Å². The van der Waals surface area contributed by atoms with E-state index >= 15 is 0 Å². The van der Waals surface area contributed by atoms with Crippen molar-refractivity contribution < 1.29 is 9.59 Å². The van der Waals surface area contributed by atoms with E-state index < -0.39 is 0 Å². The maximum atomic E-state index is 12.0. The molecule has 1 aromatic heterocycles. The Labute approximate surface area is 171 Å². The summed E-state index contributed by atoms with van der Waals surface area (Å²) >= 11 is 0. The van der Waals surface area contributed by atoms with E-state index in [4.69, 9.17) is 0 Å². The molecule has 2 aromatic rings. The normalized spacial score (nSPS) is 22.4. The molecule has 0 radical (unpaired) electrons. The number of nitrogens with one attached hydrogen (secondary N) is 2. The Bertz CT molecular complexity index is 900. The van der Waals surface area contributed by atoms with Gasteiger partial charge in [0, 0.05) is 56.4 Å². The lowest BCUT2D eigenvalue weighted by molar-refractivity contribution is -0.116. The third kappa shape index (κ3) is 4.83. The zero-order valence-electron chi connectivity index (χ0n) is 16.5. The first kappa shape index (κ1) is 19.2. The van der Waals surface area contributed by atoms with Crippen LogP contribution in [-0.2, 0) is 9.59 Å². The van der Waals surface area contributed by atoms with Gasteiger partial charge in [0.15, 0.2) is 0 Å². The van der Waals surface area contributed by atoms with Gasteiger partial charge in [0.1, 0.15) is 0 Å². The highest BCUT2D eigenvalue weighted by atomic mass is 16.2. The summed E-state index contributed by atoms with van der Waals surface area (Å²) in [5.41, 5.74) is 2.92.